The molecule has 1 aromatic carbocycles. The number of benzene rings is 1. The van der Waals surface area contributed by atoms with Gasteiger partial charge in [-0.3, -0.25) is 0 Å². The Morgan fingerprint density at radius 3 is 1.92 bits per heavy atom. The maximum Gasteiger partial charge on any atom is 0.395 e. The van der Waals surface area contributed by atoms with Gasteiger partial charge in [-0.1, -0.05) is 12.1 Å². The van der Waals surface area contributed by atoms with E-state index in [1.54, 1.807) is 0 Å². The van der Waals surface area contributed by atoms with E-state index >= 15 is 0 Å². The summed E-state index contributed by atoms with van der Waals surface area (Å²) < 4.78 is 48.6. The quantitative estimate of drug-likeness (QED) is 0.597. The van der Waals surface area contributed by atoms with Crippen LogP contribution in [0, 0.1) is 12.7 Å². The second kappa shape index (κ2) is 3.36. The van der Waals surface area contributed by atoms with Crippen LogP contribution in [0.2, 0.25) is 0 Å². The SMILES string of the molecule is [CH2]C(c1ccc(F)cc1)C(F)(F)F. The van der Waals surface area contributed by atoms with E-state index in [1.165, 1.54) is 0 Å². The van der Waals surface area contributed by atoms with E-state index in [4.69, 9.17) is 0 Å². The van der Waals surface area contributed by atoms with Crippen LogP contribution in [0.1, 0.15) is 11.5 Å². The predicted octanol–water partition coefficient (Wildman–Crippen LogP) is 3.31. The van der Waals surface area contributed by atoms with Crippen molar-refractivity contribution in [3.63, 3.8) is 0 Å². The van der Waals surface area contributed by atoms with E-state index in [1.807, 2.05) is 0 Å². The lowest BCUT2D eigenvalue weighted by Crippen LogP contribution is -2.17. The van der Waals surface area contributed by atoms with Crippen LogP contribution in [0.15, 0.2) is 24.3 Å². The third kappa shape index (κ3) is 2.44. The first kappa shape index (κ1) is 10.0. The van der Waals surface area contributed by atoms with Gasteiger partial charge in [0.15, 0.2) is 0 Å². The highest BCUT2D eigenvalue weighted by Crippen LogP contribution is 2.33. The highest BCUT2D eigenvalue weighted by Gasteiger charge is 2.36. The Hall–Kier alpha value is -1.06. The highest BCUT2D eigenvalue weighted by molar-refractivity contribution is 5.22. The summed E-state index contributed by atoms with van der Waals surface area (Å²) in [4.78, 5) is 0. The predicted molar refractivity (Wildman–Crippen MR) is 40.6 cm³/mol. The van der Waals surface area contributed by atoms with E-state index < -0.39 is 17.9 Å². The molecule has 0 saturated heterocycles. The molecule has 0 heterocycles. The second-order valence-corrected chi connectivity index (χ2v) is 2.65. The fourth-order valence-electron chi connectivity index (χ4n) is 0.884. The van der Waals surface area contributed by atoms with Crippen molar-refractivity contribution in [3.05, 3.63) is 42.6 Å². The fraction of sp³-hybridized carbons (Fsp3) is 0.222. The zero-order valence-corrected chi connectivity index (χ0v) is 6.61. The summed E-state index contributed by atoms with van der Waals surface area (Å²) in [6, 6.07) is 4.14. The number of alkyl halides is 3. The molecule has 1 unspecified atom stereocenters. The smallest absolute Gasteiger partial charge is 0.207 e. The molecule has 0 aliphatic carbocycles. The summed E-state index contributed by atoms with van der Waals surface area (Å²) in [6.07, 6.45) is -4.38. The molecule has 0 bridgehead atoms. The van der Waals surface area contributed by atoms with Crippen LogP contribution in [-0.4, -0.2) is 6.18 Å². The van der Waals surface area contributed by atoms with Gasteiger partial charge in [-0.25, -0.2) is 4.39 Å². The Bertz CT molecular complexity index is 273. The monoisotopic (exact) mass is 191 g/mol. The molecule has 4 heteroatoms. The van der Waals surface area contributed by atoms with E-state index in [9.17, 15) is 17.6 Å². The zero-order chi connectivity index (χ0) is 10.1. The highest BCUT2D eigenvalue weighted by atomic mass is 19.4. The van der Waals surface area contributed by atoms with Crippen LogP contribution in [-0.2, 0) is 0 Å². The molecule has 0 aliphatic heterocycles. The normalized spacial score (nSPS) is 14.2. The van der Waals surface area contributed by atoms with Crippen LogP contribution in [0.5, 0.6) is 0 Å². The molecule has 1 rings (SSSR count). The van der Waals surface area contributed by atoms with Crippen molar-refractivity contribution in [1.29, 1.82) is 0 Å². The topological polar surface area (TPSA) is 0 Å². The molecular formula is C9H7F4. The van der Waals surface area contributed by atoms with Crippen LogP contribution in [0.3, 0.4) is 0 Å². The molecule has 0 aromatic heterocycles. The van der Waals surface area contributed by atoms with Crippen LogP contribution < -0.4 is 0 Å². The third-order valence-corrected chi connectivity index (χ3v) is 1.67. The van der Waals surface area contributed by atoms with Crippen molar-refractivity contribution in [2.45, 2.75) is 12.1 Å². The van der Waals surface area contributed by atoms with Crippen molar-refractivity contribution in [1.82, 2.24) is 0 Å². The van der Waals surface area contributed by atoms with Crippen molar-refractivity contribution in [3.8, 4) is 0 Å². The first-order valence-corrected chi connectivity index (χ1v) is 3.56. The Morgan fingerprint density at radius 1 is 1.08 bits per heavy atom. The van der Waals surface area contributed by atoms with Gasteiger partial charge in [0.25, 0.3) is 0 Å². The van der Waals surface area contributed by atoms with Gasteiger partial charge in [0.05, 0.1) is 5.92 Å². The minimum Gasteiger partial charge on any atom is -0.207 e. The zero-order valence-electron chi connectivity index (χ0n) is 6.61. The Balaban J connectivity index is 2.90. The molecule has 0 aliphatic rings. The lowest BCUT2D eigenvalue weighted by molar-refractivity contribution is -0.140. The van der Waals surface area contributed by atoms with E-state index in [0.717, 1.165) is 24.3 Å². The maximum absolute atomic E-state index is 12.3. The number of halogens is 4. The lowest BCUT2D eigenvalue weighted by atomic mass is 10.0. The molecule has 0 nitrogen and oxygen atoms in total. The molecule has 0 fully saturated rings. The lowest BCUT2D eigenvalue weighted by Gasteiger charge is -2.15. The Kier molecular flexibility index (Phi) is 2.59. The standard InChI is InChI=1S/C9H7F4/c1-6(9(11,12)13)7-2-4-8(10)5-3-7/h2-6H,1H2. The Morgan fingerprint density at radius 2 is 1.54 bits per heavy atom. The van der Waals surface area contributed by atoms with Crippen molar-refractivity contribution >= 4 is 0 Å². The summed E-state index contributed by atoms with van der Waals surface area (Å²) >= 11 is 0. The first-order chi connectivity index (χ1) is 5.91. The number of hydrogen-bond acceptors (Lipinski definition) is 0. The molecule has 71 valence electrons. The summed E-state index contributed by atoms with van der Waals surface area (Å²) in [5, 5.41) is 0. The van der Waals surface area contributed by atoms with Gasteiger partial charge in [0.2, 0.25) is 0 Å². The van der Waals surface area contributed by atoms with Crippen molar-refractivity contribution < 1.29 is 17.6 Å². The molecule has 13 heavy (non-hydrogen) atoms. The summed E-state index contributed by atoms with van der Waals surface area (Å²) in [7, 11) is 0. The minimum atomic E-state index is -4.38. The summed E-state index contributed by atoms with van der Waals surface area (Å²) in [6.45, 7) is 2.96. The minimum absolute atomic E-state index is 0.0334. The van der Waals surface area contributed by atoms with Gasteiger partial charge in [-0.05, 0) is 24.6 Å². The fourth-order valence-corrected chi connectivity index (χ4v) is 0.884. The van der Waals surface area contributed by atoms with Gasteiger partial charge in [0.1, 0.15) is 5.82 Å². The summed E-state index contributed by atoms with van der Waals surface area (Å²) in [5.41, 5.74) is -0.0334. The molecule has 0 spiro atoms. The largest absolute Gasteiger partial charge is 0.395 e. The van der Waals surface area contributed by atoms with Crippen molar-refractivity contribution in [2.24, 2.45) is 0 Å². The van der Waals surface area contributed by atoms with Gasteiger partial charge >= 0.3 is 6.18 Å². The van der Waals surface area contributed by atoms with Gasteiger partial charge in [-0.2, -0.15) is 13.2 Å². The van der Waals surface area contributed by atoms with Crippen LogP contribution in [0.4, 0.5) is 17.6 Å². The first-order valence-electron chi connectivity index (χ1n) is 3.56. The molecule has 0 N–H and O–H groups in total. The van der Waals surface area contributed by atoms with Crippen LogP contribution in [0.25, 0.3) is 0 Å². The average molecular weight is 191 g/mol. The molecule has 0 saturated carbocycles. The van der Waals surface area contributed by atoms with E-state index in [0.29, 0.717) is 0 Å². The molecule has 0 amide bonds. The number of hydrogen-bond donors (Lipinski definition) is 0. The maximum atomic E-state index is 12.3. The summed E-state index contributed by atoms with van der Waals surface area (Å²) in [5.74, 6) is -2.36. The van der Waals surface area contributed by atoms with Gasteiger partial charge in [0, 0.05) is 0 Å². The third-order valence-electron chi connectivity index (χ3n) is 1.67. The van der Waals surface area contributed by atoms with E-state index in [-0.39, 0.29) is 5.56 Å². The van der Waals surface area contributed by atoms with Crippen LogP contribution >= 0.6 is 0 Å². The molecule has 1 aromatic rings. The average Bonchev–Trinajstić information content (AvgIpc) is 2.03. The number of rotatable bonds is 1. The van der Waals surface area contributed by atoms with Gasteiger partial charge < -0.3 is 0 Å². The molecule has 1 radical (unpaired) electrons. The molecule has 1 atom stereocenters. The Labute approximate surface area is 73.2 Å². The second-order valence-electron chi connectivity index (χ2n) is 2.65. The van der Waals surface area contributed by atoms with E-state index in [2.05, 4.69) is 6.92 Å². The van der Waals surface area contributed by atoms with Crippen molar-refractivity contribution in [2.75, 3.05) is 0 Å². The van der Waals surface area contributed by atoms with Gasteiger partial charge in [-0.15, -0.1) is 0 Å². The molecular weight excluding hydrogens is 184 g/mol.